The van der Waals surface area contributed by atoms with Gasteiger partial charge in [-0.2, -0.15) is 0 Å². The van der Waals surface area contributed by atoms with Gasteiger partial charge in [0.25, 0.3) is 0 Å². The molecular weight excluding hydrogens is 605 g/mol. The Balaban J connectivity index is 1.12. The highest BCUT2D eigenvalue weighted by Crippen LogP contribution is 2.40. The normalized spacial score (nSPS) is 14.0. The van der Waals surface area contributed by atoms with Crippen molar-refractivity contribution in [3.63, 3.8) is 0 Å². The number of allylic oxidation sites excluding steroid dienone is 4. The molecule has 1 atom stereocenters. The summed E-state index contributed by atoms with van der Waals surface area (Å²) in [6.07, 6.45) is 9.88. The molecule has 1 unspecified atom stereocenters. The number of fused-ring (bicyclic) bond motifs is 3. The summed E-state index contributed by atoms with van der Waals surface area (Å²) >= 11 is 0. The van der Waals surface area contributed by atoms with E-state index in [1.165, 1.54) is 49.6 Å². The summed E-state index contributed by atoms with van der Waals surface area (Å²) in [6.45, 7) is 0. The highest BCUT2D eigenvalue weighted by molar-refractivity contribution is 6.10. The first-order valence-corrected chi connectivity index (χ1v) is 17.4. The van der Waals surface area contributed by atoms with Crippen LogP contribution in [0.3, 0.4) is 0 Å². The highest BCUT2D eigenvalue weighted by atomic mass is 15.1. The van der Waals surface area contributed by atoms with Crippen LogP contribution in [0, 0.1) is 0 Å². The molecule has 0 spiro atoms. The Morgan fingerprint density at radius 1 is 0.440 bits per heavy atom. The Bertz CT molecular complexity index is 2470. The van der Waals surface area contributed by atoms with Crippen LogP contribution in [0.15, 0.2) is 200 Å². The fourth-order valence-electron chi connectivity index (χ4n) is 7.39. The number of aromatic nitrogens is 1. The first-order chi connectivity index (χ1) is 24.8. The van der Waals surface area contributed by atoms with E-state index in [0.717, 1.165) is 29.2 Å². The highest BCUT2D eigenvalue weighted by Gasteiger charge is 2.18. The van der Waals surface area contributed by atoms with Gasteiger partial charge in [-0.3, -0.25) is 0 Å². The zero-order valence-corrected chi connectivity index (χ0v) is 27.7. The Kier molecular flexibility index (Phi) is 7.68. The smallest absolute Gasteiger partial charge is 0.0561 e. The van der Waals surface area contributed by atoms with E-state index in [2.05, 4.69) is 210 Å². The molecule has 238 valence electrons. The monoisotopic (exact) mass is 640 g/mol. The van der Waals surface area contributed by atoms with E-state index < -0.39 is 0 Å². The fourth-order valence-corrected chi connectivity index (χ4v) is 7.39. The van der Waals surface area contributed by atoms with Crippen molar-refractivity contribution in [2.45, 2.75) is 12.3 Å². The summed E-state index contributed by atoms with van der Waals surface area (Å²) < 4.78 is 2.41. The van der Waals surface area contributed by atoms with E-state index in [-0.39, 0.29) is 0 Å². The average Bonchev–Trinajstić information content (AvgIpc) is 3.53. The third kappa shape index (κ3) is 5.51. The van der Waals surface area contributed by atoms with Crippen LogP contribution < -0.4 is 4.90 Å². The number of anilines is 3. The average molecular weight is 641 g/mol. The molecule has 1 aliphatic rings. The van der Waals surface area contributed by atoms with Gasteiger partial charge in [-0.25, -0.2) is 0 Å². The van der Waals surface area contributed by atoms with Crippen LogP contribution in [0.4, 0.5) is 17.1 Å². The van der Waals surface area contributed by atoms with Gasteiger partial charge in [0.05, 0.1) is 11.0 Å². The predicted molar refractivity (Wildman–Crippen MR) is 212 cm³/mol. The lowest BCUT2D eigenvalue weighted by Gasteiger charge is -2.26. The van der Waals surface area contributed by atoms with E-state index in [1.54, 1.807) is 0 Å². The lowest BCUT2D eigenvalue weighted by Crippen LogP contribution is -2.10. The summed E-state index contributed by atoms with van der Waals surface area (Å²) in [4.78, 5) is 2.37. The standard InChI is InChI=1S/C48H36N2/c1-4-12-35(13-5-1)37-20-22-38(23-21-37)40-26-30-43(31-27-40)50-47-19-11-10-18-45(47)46-33-32-44(34-48(46)50)49(41-16-8-3-9-17-41)42-28-24-39(25-29-42)36-14-6-2-7-15-36/h1-14,16-34,36H,15H2. The van der Waals surface area contributed by atoms with Gasteiger partial charge in [-0.05, 0) is 88.8 Å². The Morgan fingerprint density at radius 2 is 1.00 bits per heavy atom. The maximum atomic E-state index is 2.41. The molecule has 8 aromatic rings. The molecule has 0 amide bonds. The van der Waals surface area contributed by atoms with Crippen molar-refractivity contribution in [3.8, 4) is 27.9 Å². The third-order valence-corrected chi connectivity index (χ3v) is 9.94. The zero-order valence-electron chi connectivity index (χ0n) is 27.7. The molecule has 2 nitrogen and oxygen atoms in total. The van der Waals surface area contributed by atoms with Gasteiger partial charge in [0.2, 0.25) is 0 Å². The maximum absolute atomic E-state index is 2.41. The second-order valence-corrected chi connectivity index (χ2v) is 13.0. The fraction of sp³-hybridized carbons (Fsp3) is 0.0417. The lowest BCUT2D eigenvalue weighted by molar-refractivity contribution is 0.854. The Labute approximate surface area is 293 Å². The van der Waals surface area contributed by atoms with Crippen molar-refractivity contribution in [3.05, 3.63) is 206 Å². The molecule has 7 aromatic carbocycles. The number of benzene rings is 7. The van der Waals surface area contributed by atoms with Gasteiger partial charge in [-0.15, -0.1) is 0 Å². The molecule has 50 heavy (non-hydrogen) atoms. The van der Waals surface area contributed by atoms with E-state index in [0.29, 0.717) is 5.92 Å². The van der Waals surface area contributed by atoms with Gasteiger partial charge in [0.1, 0.15) is 0 Å². The van der Waals surface area contributed by atoms with E-state index in [4.69, 9.17) is 0 Å². The van der Waals surface area contributed by atoms with Crippen molar-refractivity contribution >= 4 is 38.9 Å². The molecule has 0 radical (unpaired) electrons. The first-order valence-electron chi connectivity index (χ1n) is 17.4. The summed E-state index contributed by atoms with van der Waals surface area (Å²) in [5.41, 5.74) is 13.1. The topological polar surface area (TPSA) is 8.17 Å². The van der Waals surface area contributed by atoms with Crippen molar-refractivity contribution in [1.29, 1.82) is 0 Å². The van der Waals surface area contributed by atoms with Gasteiger partial charge < -0.3 is 9.47 Å². The van der Waals surface area contributed by atoms with Crippen molar-refractivity contribution in [2.24, 2.45) is 0 Å². The van der Waals surface area contributed by atoms with Crippen molar-refractivity contribution in [2.75, 3.05) is 4.90 Å². The van der Waals surface area contributed by atoms with Gasteiger partial charge in [0.15, 0.2) is 0 Å². The molecule has 1 aromatic heterocycles. The second-order valence-electron chi connectivity index (χ2n) is 13.0. The molecule has 0 saturated heterocycles. The van der Waals surface area contributed by atoms with Crippen LogP contribution in [0.2, 0.25) is 0 Å². The third-order valence-electron chi connectivity index (χ3n) is 9.94. The van der Waals surface area contributed by atoms with Crippen LogP contribution in [0.5, 0.6) is 0 Å². The molecule has 9 rings (SSSR count). The molecule has 0 fully saturated rings. The molecule has 0 N–H and O–H groups in total. The Morgan fingerprint density at radius 3 is 1.68 bits per heavy atom. The second kappa shape index (κ2) is 12.9. The number of hydrogen-bond donors (Lipinski definition) is 0. The van der Waals surface area contributed by atoms with E-state index in [1.807, 2.05) is 0 Å². The van der Waals surface area contributed by atoms with Crippen LogP contribution in [-0.2, 0) is 0 Å². The summed E-state index contributed by atoms with van der Waals surface area (Å²) in [7, 11) is 0. The van der Waals surface area contributed by atoms with Crippen LogP contribution in [0.1, 0.15) is 17.9 Å². The molecule has 1 aliphatic carbocycles. The molecular formula is C48H36N2. The van der Waals surface area contributed by atoms with Gasteiger partial charge in [0, 0.05) is 39.4 Å². The van der Waals surface area contributed by atoms with Gasteiger partial charge in [-0.1, -0.05) is 146 Å². The van der Waals surface area contributed by atoms with Crippen molar-refractivity contribution < 1.29 is 0 Å². The predicted octanol–water partition coefficient (Wildman–Crippen LogP) is 13.2. The summed E-state index contributed by atoms with van der Waals surface area (Å²) in [5, 5.41) is 2.49. The molecule has 0 bridgehead atoms. The summed E-state index contributed by atoms with van der Waals surface area (Å²) in [6, 6.07) is 63.8. The largest absolute Gasteiger partial charge is 0.310 e. The SMILES string of the molecule is C1=CCC(c2ccc(N(c3ccccc3)c3ccc4c5ccccc5n(-c5ccc(-c6ccc(-c7ccccc7)cc6)cc5)c4c3)cc2)C=C1. The van der Waals surface area contributed by atoms with Crippen LogP contribution in [0.25, 0.3) is 49.7 Å². The van der Waals surface area contributed by atoms with Crippen molar-refractivity contribution in [1.82, 2.24) is 4.57 Å². The number of para-hydroxylation sites is 2. The van der Waals surface area contributed by atoms with Gasteiger partial charge >= 0.3 is 0 Å². The van der Waals surface area contributed by atoms with E-state index in [9.17, 15) is 0 Å². The Hall–Kier alpha value is -6.38. The van der Waals surface area contributed by atoms with E-state index >= 15 is 0 Å². The van der Waals surface area contributed by atoms with Crippen LogP contribution in [-0.4, -0.2) is 4.57 Å². The minimum atomic E-state index is 0.423. The quantitative estimate of drug-likeness (QED) is 0.168. The minimum absolute atomic E-state index is 0.423. The number of hydrogen-bond acceptors (Lipinski definition) is 1. The van der Waals surface area contributed by atoms with Crippen LogP contribution >= 0.6 is 0 Å². The summed E-state index contributed by atoms with van der Waals surface area (Å²) in [5.74, 6) is 0.423. The number of rotatable bonds is 7. The minimum Gasteiger partial charge on any atom is -0.310 e. The maximum Gasteiger partial charge on any atom is 0.0561 e. The zero-order chi connectivity index (χ0) is 33.3. The number of nitrogens with zero attached hydrogens (tertiary/aromatic N) is 2. The first kappa shape index (κ1) is 29.7. The lowest BCUT2D eigenvalue weighted by atomic mass is 9.92. The molecule has 1 heterocycles. The molecule has 0 saturated carbocycles. The molecule has 0 aliphatic heterocycles. The molecule has 2 heteroatoms.